The largest absolute Gasteiger partial charge is 0.378 e. The Morgan fingerprint density at radius 3 is 3.23 bits per heavy atom. The summed E-state index contributed by atoms with van der Waals surface area (Å²) < 4.78 is 7.68. The molecule has 0 radical (unpaired) electrons. The predicted molar refractivity (Wildman–Crippen MR) is 84.7 cm³/mol. The Morgan fingerprint density at radius 2 is 2.36 bits per heavy atom. The van der Waals surface area contributed by atoms with Crippen LogP contribution in [0.4, 0.5) is 0 Å². The first kappa shape index (κ1) is 15.0. The normalized spacial score (nSPS) is 18.5. The number of nitrogens with one attached hydrogen (secondary N) is 1. The molecule has 22 heavy (non-hydrogen) atoms. The molecular weight excluding hydrogens is 278 g/mol. The van der Waals surface area contributed by atoms with Crippen molar-refractivity contribution >= 4 is 11.4 Å². The lowest BCUT2D eigenvalue weighted by atomic mass is 10.1. The minimum Gasteiger partial charge on any atom is -0.378 e. The monoisotopic (exact) mass is 301 g/mol. The number of amides is 1. The fourth-order valence-electron chi connectivity index (χ4n) is 2.91. The molecule has 1 aliphatic rings. The molecular formula is C17H23N3O2. The fraction of sp³-hybridized carbons (Fsp3) is 0.529. The van der Waals surface area contributed by atoms with Gasteiger partial charge in [-0.25, -0.2) is 4.98 Å². The predicted octanol–water partition coefficient (Wildman–Crippen LogP) is 2.34. The Balaban J connectivity index is 1.39. The van der Waals surface area contributed by atoms with Gasteiger partial charge in [-0.3, -0.25) is 4.79 Å². The first-order valence-corrected chi connectivity index (χ1v) is 8.12. The van der Waals surface area contributed by atoms with Crippen molar-refractivity contribution in [2.75, 3.05) is 13.2 Å². The van der Waals surface area contributed by atoms with Gasteiger partial charge >= 0.3 is 0 Å². The quantitative estimate of drug-likeness (QED) is 0.833. The molecule has 1 aliphatic heterocycles. The van der Waals surface area contributed by atoms with E-state index in [0.717, 1.165) is 43.6 Å². The van der Waals surface area contributed by atoms with Gasteiger partial charge in [0.05, 0.1) is 24.2 Å². The van der Waals surface area contributed by atoms with Crippen LogP contribution in [0.1, 0.15) is 37.9 Å². The number of imidazole rings is 1. The van der Waals surface area contributed by atoms with E-state index in [-0.39, 0.29) is 12.0 Å². The molecule has 0 aliphatic carbocycles. The molecule has 1 atom stereocenters. The standard InChI is InChI=1S/C17H23N3O2/c21-17(12-15-7-2-4-11-22-15)18-9-5-8-16-19-13-14-6-1-3-10-20(14)16/h1,3,6,10,13,15H,2,4-5,7-9,11-12H2,(H,18,21). The van der Waals surface area contributed by atoms with E-state index in [1.807, 2.05) is 30.6 Å². The summed E-state index contributed by atoms with van der Waals surface area (Å²) >= 11 is 0. The topological polar surface area (TPSA) is 55.6 Å². The highest BCUT2D eigenvalue weighted by atomic mass is 16.5. The highest BCUT2D eigenvalue weighted by Gasteiger charge is 2.17. The lowest BCUT2D eigenvalue weighted by molar-refractivity contribution is -0.124. The van der Waals surface area contributed by atoms with Crippen LogP contribution in [0.3, 0.4) is 0 Å². The molecule has 3 heterocycles. The molecule has 5 heteroatoms. The number of carbonyl (C=O) groups excluding carboxylic acids is 1. The summed E-state index contributed by atoms with van der Waals surface area (Å²) in [6, 6.07) is 6.06. The zero-order chi connectivity index (χ0) is 15.2. The summed E-state index contributed by atoms with van der Waals surface area (Å²) in [4.78, 5) is 16.3. The maximum absolute atomic E-state index is 11.9. The van der Waals surface area contributed by atoms with Crippen LogP contribution in [-0.2, 0) is 16.0 Å². The molecule has 1 unspecified atom stereocenters. The summed E-state index contributed by atoms with van der Waals surface area (Å²) in [5.74, 6) is 1.14. The molecule has 1 fully saturated rings. The Hall–Kier alpha value is -1.88. The number of rotatable bonds is 6. The van der Waals surface area contributed by atoms with Gasteiger partial charge in [0, 0.05) is 25.8 Å². The second-order valence-corrected chi connectivity index (χ2v) is 5.82. The average molecular weight is 301 g/mol. The van der Waals surface area contributed by atoms with Gasteiger partial charge in [-0.05, 0) is 37.8 Å². The number of pyridine rings is 1. The Bertz CT molecular complexity index is 617. The van der Waals surface area contributed by atoms with Crippen LogP contribution in [0.15, 0.2) is 30.6 Å². The first-order valence-electron chi connectivity index (χ1n) is 8.12. The van der Waals surface area contributed by atoms with Crippen molar-refractivity contribution in [3.63, 3.8) is 0 Å². The van der Waals surface area contributed by atoms with Crippen molar-refractivity contribution in [1.82, 2.24) is 14.7 Å². The van der Waals surface area contributed by atoms with E-state index in [2.05, 4.69) is 14.7 Å². The minimum absolute atomic E-state index is 0.0971. The molecule has 2 aromatic rings. The summed E-state index contributed by atoms with van der Waals surface area (Å²) in [6.07, 6.45) is 9.57. The lowest BCUT2D eigenvalue weighted by Gasteiger charge is -2.21. The average Bonchev–Trinajstić information content (AvgIpc) is 2.96. The smallest absolute Gasteiger partial charge is 0.222 e. The molecule has 0 saturated carbocycles. The number of hydrogen-bond acceptors (Lipinski definition) is 3. The van der Waals surface area contributed by atoms with E-state index in [1.54, 1.807) is 0 Å². The maximum atomic E-state index is 11.9. The minimum atomic E-state index is 0.0971. The number of fused-ring (bicyclic) bond motifs is 1. The molecule has 1 N–H and O–H groups in total. The van der Waals surface area contributed by atoms with Gasteiger partial charge in [-0.15, -0.1) is 0 Å². The van der Waals surface area contributed by atoms with Gasteiger partial charge in [-0.2, -0.15) is 0 Å². The van der Waals surface area contributed by atoms with E-state index in [1.165, 1.54) is 6.42 Å². The summed E-state index contributed by atoms with van der Waals surface area (Å²) in [7, 11) is 0. The number of ether oxygens (including phenoxy) is 1. The van der Waals surface area contributed by atoms with Crippen molar-refractivity contribution in [2.24, 2.45) is 0 Å². The summed E-state index contributed by atoms with van der Waals surface area (Å²) in [5, 5.41) is 2.98. The number of carbonyl (C=O) groups is 1. The second-order valence-electron chi connectivity index (χ2n) is 5.82. The van der Waals surface area contributed by atoms with Crippen molar-refractivity contribution in [2.45, 2.75) is 44.6 Å². The van der Waals surface area contributed by atoms with E-state index in [9.17, 15) is 4.79 Å². The highest BCUT2D eigenvalue weighted by molar-refractivity contribution is 5.76. The molecule has 0 bridgehead atoms. The zero-order valence-electron chi connectivity index (χ0n) is 12.8. The first-order chi connectivity index (χ1) is 10.8. The van der Waals surface area contributed by atoms with Gasteiger partial charge in [0.25, 0.3) is 0 Å². The molecule has 1 saturated heterocycles. The Labute approximate surface area is 130 Å². The SMILES string of the molecule is O=C(CC1CCCCO1)NCCCc1ncc2ccccn12. The molecule has 5 nitrogen and oxygen atoms in total. The highest BCUT2D eigenvalue weighted by Crippen LogP contribution is 2.15. The third kappa shape index (κ3) is 3.85. The van der Waals surface area contributed by atoms with E-state index in [0.29, 0.717) is 13.0 Å². The Morgan fingerprint density at radius 1 is 1.41 bits per heavy atom. The van der Waals surface area contributed by atoms with Crippen LogP contribution < -0.4 is 5.32 Å². The van der Waals surface area contributed by atoms with Crippen molar-refractivity contribution in [3.05, 3.63) is 36.4 Å². The van der Waals surface area contributed by atoms with Crippen LogP contribution in [0.25, 0.3) is 5.52 Å². The maximum Gasteiger partial charge on any atom is 0.222 e. The molecule has 0 aromatic carbocycles. The second kappa shape index (κ2) is 7.40. The molecule has 0 spiro atoms. The van der Waals surface area contributed by atoms with Gasteiger partial charge in [0.15, 0.2) is 0 Å². The van der Waals surface area contributed by atoms with E-state index < -0.39 is 0 Å². The third-order valence-electron chi connectivity index (χ3n) is 4.10. The number of hydrogen-bond donors (Lipinski definition) is 1. The Kier molecular flexibility index (Phi) is 5.06. The molecule has 118 valence electrons. The van der Waals surface area contributed by atoms with Crippen molar-refractivity contribution in [1.29, 1.82) is 0 Å². The fourth-order valence-corrected chi connectivity index (χ4v) is 2.91. The van der Waals surface area contributed by atoms with Crippen LogP contribution in [0, 0.1) is 0 Å². The van der Waals surface area contributed by atoms with Crippen LogP contribution >= 0.6 is 0 Å². The summed E-state index contributed by atoms with van der Waals surface area (Å²) in [5.41, 5.74) is 1.11. The zero-order valence-corrected chi connectivity index (χ0v) is 12.8. The van der Waals surface area contributed by atoms with Gasteiger partial charge in [0.1, 0.15) is 5.82 Å². The van der Waals surface area contributed by atoms with Gasteiger partial charge in [0.2, 0.25) is 5.91 Å². The summed E-state index contributed by atoms with van der Waals surface area (Å²) in [6.45, 7) is 1.48. The van der Waals surface area contributed by atoms with Crippen LogP contribution in [0.5, 0.6) is 0 Å². The number of nitrogens with zero attached hydrogens (tertiary/aromatic N) is 2. The third-order valence-corrected chi connectivity index (χ3v) is 4.10. The van der Waals surface area contributed by atoms with Gasteiger partial charge in [-0.1, -0.05) is 6.07 Å². The van der Waals surface area contributed by atoms with E-state index in [4.69, 9.17) is 4.74 Å². The van der Waals surface area contributed by atoms with Crippen LogP contribution in [-0.4, -0.2) is 34.5 Å². The molecule has 1 amide bonds. The molecule has 2 aromatic heterocycles. The van der Waals surface area contributed by atoms with E-state index >= 15 is 0 Å². The van der Waals surface area contributed by atoms with Gasteiger partial charge < -0.3 is 14.5 Å². The lowest BCUT2D eigenvalue weighted by Crippen LogP contribution is -2.31. The number of aryl methyl sites for hydroxylation is 1. The number of aromatic nitrogens is 2. The van der Waals surface area contributed by atoms with Crippen molar-refractivity contribution in [3.8, 4) is 0 Å². The molecule has 3 rings (SSSR count). The van der Waals surface area contributed by atoms with Crippen LogP contribution in [0.2, 0.25) is 0 Å². The van der Waals surface area contributed by atoms with Crippen molar-refractivity contribution < 1.29 is 9.53 Å².